The maximum absolute atomic E-state index is 9.06. The molecule has 1 aliphatic carbocycles. The van der Waals surface area contributed by atoms with Crippen LogP contribution in [0.1, 0.15) is 53.0 Å². The van der Waals surface area contributed by atoms with Crippen LogP contribution in [0, 0.1) is 34.0 Å². The van der Waals surface area contributed by atoms with E-state index in [2.05, 4.69) is 63.2 Å². The van der Waals surface area contributed by atoms with Crippen molar-refractivity contribution < 1.29 is 4.74 Å². The van der Waals surface area contributed by atoms with E-state index in [9.17, 15) is 0 Å². The second kappa shape index (κ2) is 7.03. The van der Waals surface area contributed by atoms with Gasteiger partial charge in [-0.15, -0.1) is 0 Å². The number of hydrogen-bond donors (Lipinski definition) is 1. The second-order valence-corrected chi connectivity index (χ2v) is 9.50. The first-order chi connectivity index (χ1) is 11.5. The molecule has 136 valence electrons. The zero-order valence-electron chi connectivity index (χ0n) is 15.9. The maximum atomic E-state index is 9.06. The Morgan fingerprint density at radius 2 is 1.96 bits per heavy atom. The van der Waals surface area contributed by atoms with Gasteiger partial charge in [0, 0.05) is 21.0 Å². The molecule has 0 aromatic heterocycles. The Kier molecular flexibility index (Phi) is 5.59. The van der Waals surface area contributed by atoms with Gasteiger partial charge in [-0.25, -0.2) is 0 Å². The fourth-order valence-electron chi connectivity index (χ4n) is 4.83. The molecule has 0 bridgehead atoms. The summed E-state index contributed by atoms with van der Waals surface area (Å²) in [6, 6.07) is 7.72. The summed E-state index contributed by atoms with van der Waals surface area (Å²) >= 11 is 3.44. The molecular weight excluding hydrogens is 376 g/mol. The van der Waals surface area contributed by atoms with E-state index in [0.717, 1.165) is 28.8 Å². The van der Waals surface area contributed by atoms with Crippen molar-refractivity contribution in [1.29, 1.82) is 5.26 Å². The number of nitrogens with two attached hydrogens (primary N) is 1. The number of hydrogen-bond acceptors (Lipinski definition) is 3. The van der Waals surface area contributed by atoms with Gasteiger partial charge in [-0.2, -0.15) is 5.26 Å². The van der Waals surface area contributed by atoms with Crippen molar-refractivity contribution in [3.63, 3.8) is 0 Å². The van der Waals surface area contributed by atoms with Crippen LogP contribution in [-0.2, 0) is 0 Å². The van der Waals surface area contributed by atoms with Crippen LogP contribution in [0.5, 0.6) is 5.75 Å². The zero-order valence-corrected chi connectivity index (χ0v) is 17.5. The lowest BCUT2D eigenvalue weighted by atomic mass is 9.44. The largest absolute Gasteiger partial charge is 0.489 e. The summed E-state index contributed by atoms with van der Waals surface area (Å²) in [5.74, 6) is 1.88. The molecule has 0 amide bonds. The molecule has 4 heteroatoms. The lowest BCUT2D eigenvalue weighted by Gasteiger charge is -2.64. The Labute approximate surface area is 160 Å². The van der Waals surface area contributed by atoms with Gasteiger partial charge in [-0.3, -0.25) is 0 Å². The minimum Gasteiger partial charge on any atom is -0.489 e. The normalized spacial score (nSPS) is 24.7. The molecule has 3 nitrogen and oxygen atoms in total. The molecule has 1 aromatic rings. The first-order valence-electron chi connectivity index (χ1n) is 8.79. The number of rotatable bonds is 6. The van der Waals surface area contributed by atoms with E-state index in [-0.39, 0.29) is 16.9 Å². The van der Waals surface area contributed by atoms with Gasteiger partial charge in [0.2, 0.25) is 0 Å². The molecule has 1 aromatic carbocycles. The first kappa shape index (κ1) is 19.8. The Bertz CT molecular complexity index is 686. The van der Waals surface area contributed by atoms with Crippen LogP contribution in [0.4, 0.5) is 0 Å². The number of allylic oxidation sites excluding steroid dienone is 1. The molecule has 2 rings (SSSR count). The highest BCUT2D eigenvalue weighted by atomic mass is 79.9. The number of halogens is 1. The minimum absolute atomic E-state index is 0.0774. The molecule has 0 heterocycles. The molecule has 1 unspecified atom stereocenters. The smallest absolute Gasteiger partial charge is 0.120 e. The minimum atomic E-state index is 0.0774. The number of nitrogens with zero attached hydrogens (tertiary/aromatic N) is 1. The highest BCUT2D eigenvalue weighted by Gasteiger charge is 2.63. The lowest BCUT2D eigenvalue weighted by molar-refractivity contribution is -0.204. The number of nitriles is 1. The van der Waals surface area contributed by atoms with E-state index in [4.69, 9.17) is 15.7 Å². The van der Waals surface area contributed by atoms with E-state index in [0.29, 0.717) is 17.4 Å². The van der Waals surface area contributed by atoms with Crippen molar-refractivity contribution >= 4 is 15.9 Å². The quantitative estimate of drug-likeness (QED) is 0.666. The molecule has 0 spiro atoms. The van der Waals surface area contributed by atoms with Crippen LogP contribution in [-0.4, -0.2) is 6.10 Å². The number of ether oxygens (including phenoxy) is 1. The molecule has 0 radical (unpaired) electrons. The Morgan fingerprint density at radius 1 is 1.36 bits per heavy atom. The monoisotopic (exact) mass is 404 g/mol. The summed E-state index contributed by atoms with van der Waals surface area (Å²) in [4.78, 5) is 0. The van der Waals surface area contributed by atoms with Gasteiger partial charge in [0.15, 0.2) is 0 Å². The lowest BCUT2D eigenvalue weighted by Crippen LogP contribution is -2.66. The van der Waals surface area contributed by atoms with E-state index < -0.39 is 0 Å². The average molecular weight is 405 g/mol. The van der Waals surface area contributed by atoms with Crippen molar-refractivity contribution in [2.45, 2.75) is 53.6 Å². The first-order valence-corrected chi connectivity index (χ1v) is 9.59. The summed E-state index contributed by atoms with van der Waals surface area (Å²) in [5.41, 5.74) is 7.32. The summed E-state index contributed by atoms with van der Waals surface area (Å²) in [7, 11) is 0. The van der Waals surface area contributed by atoms with Crippen LogP contribution in [0.15, 0.2) is 34.9 Å². The Hall–Kier alpha value is -1.47. The molecular formula is C21H29BrN2O. The standard InChI is InChI=1S/C21H29BrN2O/c1-13(9-14(2)24)10-18-20(3,4)19(21(18,5)6)25-16-8-7-15(12-23)17(22)11-16/h7-8,11,13,18-19H,2,9-10,24H2,1,3-6H3/t13?,18-,19-. The van der Waals surface area contributed by atoms with E-state index >= 15 is 0 Å². The summed E-state index contributed by atoms with van der Waals surface area (Å²) in [6.45, 7) is 15.2. The molecule has 1 saturated carbocycles. The Morgan fingerprint density at radius 3 is 2.44 bits per heavy atom. The third-order valence-electron chi connectivity index (χ3n) is 5.71. The van der Waals surface area contributed by atoms with E-state index in [1.807, 2.05) is 12.1 Å². The van der Waals surface area contributed by atoms with Crippen LogP contribution in [0.2, 0.25) is 0 Å². The topological polar surface area (TPSA) is 59.0 Å². The fraction of sp³-hybridized carbons (Fsp3) is 0.571. The van der Waals surface area contributed by atoms with Gasteiger partial charge in [-0.05, 0) is 58.8 Å². The predicted octanol–water partition coefficient (Wildman–Crippen LogP) is 5.64. The molecule has 1 aliphatic rings. The molecule has 0 saturated heterocycles. The summed E-state index contributed by atoms with van der Waals surface area (Å²) in [5, 5.41) is 9.06. The van der Waals surface area contributed by atoms with E-state index in [1.54, 1.807) is 6.07 Å². The maximum Gasteiger partial charge on any atom is 0.120 e. The van der Waals surface area contributed by atoms with Crippen molar-refractivity contribution in [2.24, 2.45) is 28.4 Å². The van der Waals surface area contributed by atoms with Gasteiger partial charge < -0.3 is 10.5 Å². The molecule has 0 aliphatic heterocycles. The van der Waals surface area contributed by atoms with Gasteiger partial charge >= 0.3 is 0 Å². The average Bonchev–Trinajstić information content (AvgIpc) is 2.49. The molecule has 2 N–H and O–H groups in total. The van der Waals surface area contributed by atoms with Crippen LogP contribution in [0.25, 0.3) is 0 Å². The van der Waals surface area contributed by atoms with E-state index in [1.165, 1.54) is 0 Å². The van der Waals surface area contributed by atoms with Crippen LogP contribution in [0.3, 0.4) is 0 Å². The SMILES string of the molecule is C=C(N)CC(C)C[C@H]1C(C)(C)[C@H](Oc2ccc(C#N)c(Br)c2)C1(C)C. The summed E-state index contributed by atoms with van der Waals surface area (Å²) in [6.07, 6.45) is 2.11. The predicted molar refractivity (Wildman–Crippen MR) is 106 cm³/mol. The van der Waals surface area contributed by atoms with Gasteiger partial charge in [0.05, 0.1) is 5.56 Å². The van der Waals surface area contributed by atoms with Gasteiger partial charge in [0.25, 0.3) is 0 Å². The van der Waals surface area contributed by atoms with Crippen molar-refractivity contribution in [3.05, 3.63) is 40.5 Å². The van der Waals surface area contributed by atoms with Crippen molar-refractivity contribution in [2.75, 3.05) is 0 Å². The number of benzene rings is 1. The summed E-state index contributed by atoms with van der Waals surface area (Å²) < 4.78 is 7.14. The Balaban J connectivity index is 2.14. The van der Waals surface area contributed by atoms with Gasteiger partial charge in [0.1, 0.15) is 17.9 Å². The van der Waals surface area contributed by atoms with Crippen molar-refractivity contribution in [3.8, 4) is 11.8 Å². The highest BCUT2D eigenvalue weighted by Crippen LogP contribution is 2.62. The third-order valence-corrected chi connectivity index (χ3v) is 6.37. The zero-order chi connectivity index (χ0) is 19.0. The third kappa shape index (κ3) is 3.87. The van der Waals surface area contributed by atoms with Crippen molar-refractivity contribution in [1.82, 2.24) is 0 Å². The molecule has 1 atom stereocenters. The second-order valence-electron chi connectivity index (χ2n) is 8.65. The molecule has 1 fully saturated rings. The highest BCUT2D eigenvalue weighted by molar-refractivity contribution is 9.10. The fourth-order valence-corrected chi connectivity index (χ4v) is 5.27. The van der Waals surface area contributed by atoms with Gasteiger partial charge in [-0.1, -0.05) is 41.2 Å². The van der Waals surface area contributed by atoms with Crippen LogP contribution < -0.4 is 10.5 Å². The molecule has 25 heavy (non-hydrogen) atoms. The van der Waals surface area contributed by atoms with Crippen LogP contribution >= 0.6 is 15.9 Å².